The van der Waals surface area contributed by atoms with Crippen molar-refractivity contribution < 1.29 is 9.18 Å². The highest BCUT2D eigenvalue weighted by Crippen LogP contribution is 2.32. The summed E-state index contributed by atoms with van der Waals surface area (Å²) in [6.45, 7) is 0. The first-order chi connectivity index (χ1) is 9.38. The molecule has 104 valence electrons. The lowest BCUT2D eigenvalue weighted by molar-refractivity contribution is 0.102. The number of carbonyl (C=O) groups excluding carboxylic acids is 1. The Hall–Kier alpha value is -0.560. The molecule has 0 aliphatic carbocycles. The second-order valence-electron chi connectivity index (χ2n) is 3.86. The smallest absolute Gasteiger partial charge is 0.256 e. The SMILES string of the molecule is O=C(Nc1c(Cl)cc(F)cc1Br)c1cc(S)ccc1Br. The third-order valence-electron chi connectivity index (χ3n) is 2.44. The maximum Gasteiger partial charge on any atom is 0.256 e. The third kappa shape index (κ3) is 3.55. The van der Waals surface area contributed by atoms with Crippen molar-refractivity contribution in [2.45, 2.75) is 4.90 Å². The van der Waals surface area contributed by atoms with Crippen molar-refractivity contribution in [2.24, 2.45) is 0 Å². The Morgan fingerprint density at radius 3 is 2.55 bits per heavy atom. The molecule has 0 bridgehead atoms. The lowest BCUT2D eigenvalue weighted by Crippen LogP contribution is -2.13. The largest absolute Gasteiger partial charge is 0.320 e. The molecule has 0 radical (unpaired) electrons. The number of hydrogen-bond acceptors (Lipinski definition) is 2. The lowest BCUT2D eigenvalue weighted by Gasteiger charge is -2.11. The van der Waals surface area contributed by atoms with Gasteiger partial charge >= 0.3 is 0 Å². The minimum atomic E-state index is -0.488. The normalized spacial score (nSPS) is 10.4. The quantitative estimate of drug-likeness (QED) is 0.591. The van der Waals surface area contributed by atoms with Gasteiger partial charge in [-0.15, -0.1) is 12.6 Å². The standard InChI is InChI=1S/C13H7Br2ClFNOS/c14-9-2-1-7(20)5-8(9)13(19)18-12-10(15)3-6(17)4-11(12)16/h1-5,20H,(H,18,19). The molecule has 0 unspecified atom stereocenters. The number of thiol groups is 1. The van der Waals surface area contributed by atoms with E-state index in [0.29, 0.717) is 25.1 Å². The van der Waals surface area contributed by atoms with E-state index in [9.17, 15) is 9.18 Å². The highest BCUT2D eigenvalue weighted by molar-refractivity contribution is 9.11. The molecule has 0 atom stereocenters. The van der Waals surface area contributed by atoms with Crippen molar-refractivity contribution >= 4 is 67.7 Å². The molecule has 20 heavy (non-hydrogen) atoms. The maximum atomic E-state index is 13.1. The van der Waals surface area contributed by atoms with Crippen LogP contribution >= 0.6 is 56.1 Å². The Morgan fingerprint density at radius 2 is 1.90 bits per heavy atom. The van der Waals surface area contributed by atoms with E-state index in [1.165, 1.54) is 6.07 Å². The third-order valence-corrected chi connectivity index (χ3v) is 4.33. The van der Waals surface area contributed by atoms with Gasteiger partial charge in [0.05, 0.1) is 16.3 Å². The minimum Gasteiger partial charge on any atom is -0.320 e. The van der Waals surface area contributed by atoms with Gasteiger partial charge in [-0.25, -0.2) is 4.39 Å². The van der Waals surface area contributed by atoms with Gasteiger partial charge in [0.15, 0.2) is 0 Å². The van der Waals surface area contributed by atoms with Crippen LogP contribution in [0.4, 0.5) is 10.1 Å². The van der Waals surface area contributed by atoms with Gasteiger partial charge < -0.3 is 5.32 Å². The summed E-state index contributed by atoms with van der Waals surface area (Å²) in [5.74, 6) is -0.861. The predicted octanol–water partition coefficient (Wildman–Crippen LogP) is 5.55. The van der Waals surface area contributed by atoms with Crippen molar-refractivity contribution in [3.8, 4) is 0 Å². The second kappa shape index (κ2) is 6.47. The summed E-state index contributed by atoms with van der Waals surface area (Å²) >= 11 is 16.6. The van der Waals surface area contributed by atoms with Crippen LogP contribution in [0.5, 0.6) is 0 Å². The molecule has 7 heteroatoms. The zero-order chi connectivity index (χ0) is 14.9. The van der Waals surface area contributed by atoms with Gasteiger partial charge in [0, 0.05) is 13.8 Å². The summed E-state index contributed by atoms with van der Waals surface area (Å²) in [6, 6.07) is 7.45. The Balaban J connectivity index is 2.35. The number of nitrogens with one attached hydrogen (secondary N) is 1. The molecular weight excluding hydrogens is 432 g/mol. The molecule has 2 aromatic rings. The van der Waals surface area contributed by atoms with Gasteiger partial charge in [-0.3, -0.25) is 4.79 Å². The van der Waals surface area contributed by atoms with Crippen LogP contribution in [-0.4, -0.2) is 5.91 Å². The molecule has 2 aromatic carbocycles. The average molecular weight is 440 g/mol. The number of rotatable bonds is 2. The number of benzene rings is 2. The highest BCUT2D eigenvalue weighted by atomic mass is 79.9. The molecular formula is C13H7Br2ClFNOS. The molecule has 0 saturated carbocycles. The molecule has 0 aromatic heterocycles. The number of carbonyl (C=O) groups is 1. The molecule has 0 heterocycles. The van der Waals surface area contributed by atoms with Gasteiger partial charge in [-0.1, -0.05) is 11.6 Å². The molecule has 0 aliphatic rings. The first-order valence-corrected chi connectivity index (χ1v) is 7.74. The Bertz CT molecular complexity index is 673. The molecule has 0 saturated heterocycles. The summed E-state index contributed by atoms with van der Waals surface area (Å²) in [4.78, 5) is 12.9. The number of amides is 1. The van der Waals surface area contributed by atoms with Crippen LogP contribution in [0.25, 0.3) is 0 Å². The summed E-state index contributed by atoms with van der Waals surface area (Å²) < 4.78 is 14.1. The minimum absolute atomic E-state index is 0.114. The fourth-order valence-corrected chi connectivity index (χ4v) is 3.06. The molecule has 1 amide bonds. The van der Waals surface area contributed by atoms with Crippen LogP contribution in [0.3, 0.4) is 0 Å². The summed E-state index contributed by atoms with van der Waals surface area (Å²) in [6.07, 6.45) is 0. The van der Waals surface area contributed by atoms with Crippen LogP contribution in [0.15, 0.2) is 44.2 Å². The molecule has 0 fully saturated rings. The Labute approximate surface area is 142 Å². The first kappa shape index (κ1) is 15.8. The van der Waals surface area contributed by atoms with E-state index in [1.54, 1.807) is 18.2 Å². The van der Waals surface area contributed by atoms with Crippen LogP contribution in [0.2, 0.25) is 5.02 Å². The number of anilines is 1. The zero-order valence-corrected chi connectivity index (χ0v) is 14.6. The average Bonchev–Trinajstić information content (AvgIpc) is 2.36. The van der Waals surface area contributed by atoms with Crippen LogP contribution in [0, 0.1) is 5.82 Å². The van der Waals surface area contributed by atoms with Crippen molar-refractivity contribution in [3.63, 3.8) is 0 Å². The van der Waals surface area contributed by atoms with Crippen LogP contribution in [0.1, 0.15) is 10.4 Å². The predicted molar refractivity (Wildman–Crippen MR) is 88.5 cm³/mol. The van der Waals surface area contributed by atoms with Crippen molar-refractivity contribution in [3.05, 3.63) is 55.7 Å². The summed E-state index contributed by atoms with van der Waals surface area (Å²) in [7, 11) is 0. The number of hydrogen-bond donors (Lipinski definition) is 2. The molecule has 1 N–H and O–H groups in total. The van der Waals surface area contributed by atoms with Crippen LogP contribution in [-0.2, 0) is 0 Å². The zero-order valence-electron chi connectivity index (χ0n) is 9.75. The van der Waals surface area contributed by atoms with Gasteiger partial charge in [0.2, 0.25) is 0 Å². The van der Waals surface area contributed by atoms with Crippen molar-refractivity contribution in [1.29, 1.82) is 0 Å². The van der Waals surface area contributed by atoms with E-state index in [1.807, 2.05) is 0 Å². The lowest BCUT2D eigenvalue weighted by atomic mass is 10.2. The monoisotopic (exact) mass is 437 g/mol. The summed E-state index contributed by atoms with van der Waals surface area (Å²) in [5, 5.41) is 2.76. The first-order valence-electron chi connectivity index (χ1n) is 5.33. The summed E-state index contributed by atoms with van der Waals surface area (Å²) in [5.41, 5.74) is 0.722. The maximum absolute atomic E-state index is 13.1. The van der Waals surface area contributed by atoms with E-state index in [-0.39, 0.29) is 10.9 Å². The van der Waals surface area contributed by atoms with E-state index in [4.69, 9.17) is 11.6 Å². The molecule has 2 rings (SSSR count). The second-order valence-corrected chi connectivity index (χ2v) is 6.49. The van der Waals surface area contributed by atoms with E-state index in [0.717, 1.165) is 6.07 Å². The van der Waals surface area contributed by atoms with Gasteiger partial charge in [0.1, 0.15) is 5.82 Å². The van der Waals surface area contributed by atoms with Gasteiger partial charge in [-0.05, 0) is 62.2 Å². The highest BCUT2D eigenvalue weighted by Gasteiger charge is 2.15. The molecule has 0 aliphatic heterocycles. The van der Waals surface area contributed by atoms with Crippen molar-refractivity contribution in [2.75, 3.05) is 5.32 Å². The van der Waals surface area contributed by atoms with Gasteiger partial charge in [-0.2, -0.15) is 0 Å². The van der Waals surface area contributed by atoms with E-state index >= 15 is 0 Å². The fraction of sp³-hybridized carbons (Fsp3) is 0. The van der Waals surface area contributed by atoms with Crippen LogP contribution < -0.4 is 5.32 Å². The van der Waals surface area contributed by atoms with Gasteiger partial charge in [0.25, 0.3) is 5.91 Å². The molecule has 0 spiro atoms. The topological polar surface area (TPSA) is 29.1 Å². The number of halogens is 4. The Morgan fingerprint density at radius 1 is 1.20 bits per heavy atom. The molecule has 2 nitrogen and oxygen atoms in total. The fourth-order valence-electron chi connectivity index (χ4n) is 1.53. The van der Waals surface area contributed by atoms with E-state index in [2.05, 4.69) is 49.8 Å². The Kier molecular flexibility index (Phi) is 5.12. The van der Waals surface area contributed by atoms with E-state index < -0.39 is 5.82 Å². The van der Waals surface area contributed by atoms with Crippen molar-refractivity contribution in [1.82, 2.24) is 0 Å².